The summed E-state index contributed by atoms with van der Waals surface area (Å²) in [7, 11) is 0. The first-order valence-electron chi connectivity index (χ1n) is 3.70. The van der Waals surface area contributed by atoms with Crippen molar-refractivity contribution in [2.75, 3.05) is 6.54 Å². The number of cyclic esters (lactones) is 1. The Morgan fingerprint density at radius 3 is 3.17 bits per heavy atom. The van der Waals surface area contributed by atoms with E-state index in [-0.39, 0.29) is 12.2 Å². The van der Waals surface area contributed by atoms with Crippen molar-refractivity contribution in [2.24, 2.45) is 0 Å². The predicted octanol–water partition coefficient (Wildman–Crippen LogP) is 0.863. The van der Waals surface area contributed by atoms with Crippen molar-refractivity contribution in [3.05, 3.63) is 30.1 Å². The van der Waals surface area contributed by atoms with Gasteiger partial charge in [-0.2, -0.15) is 0 Å². The Morgan fingerprint density at radius 2 is 2.58 bits per heavy atom. The lowest BCUT2D eigenvalue weighted by molar-refractivity contribution is 0.141. The molecule has 1 fully saturated rings. The zero-order chi connectivity index (χ0) is 8.39. The van der Waals surface area contributed by atoms with E-state index in [4.69, 9.17) is 4.74 Å². The fourth-order valence-corrected chi connectivity index (χ4v) is 1.14. The molecular weight excluding hydrogens is 156 g/mol. The van der Waals surface area contributed by atoms with Crippen LogP contribution in [-0.4, -0.2) is 17.6 Å². The van der Waals surface area contributed by atoms with Gasteiger partial charge in [-0.05, 0) is 6.07 Å². The van der Waals surface area contributed by atoms with E-state index < -0.39 is 0 Å². The topological polar surface area (TPSA) is 51.2 Å². The number of ether oxygens (including phenoxy) is 1. The second-order valence-electron chi connectivity index (χ2n) is 2.56. The van der Waals surface area contributed by atoms with Crippen molar-refractivity contribution >= 4 is 6.09 Å². The molecule has 0 saturated carbocycles. The normalized spacial score (nSPS) is 21.7. The lowest BCUT2D eigenvalue weighted by Gasteiger charge is -2.05. The summed E-state index contributed by atoms with van der Waals surface area (Å²) in [6, 6.07) is 3.71. The number of carbonyl (C=O) groups is 1. The summed E-state index contributed by atoms with van der Waals surface area (Å²) in [5, 5.41) is 2.58. The van der Waals surface area contributed by atoms with E-state index in [1.807, 2.05) is 12.1 Å². The van der Waals surface area contributed by atoms with Crippen LogP contribution in [0.1, 0.15) is 11.7 Å². The molecule has 2 rings (SSSR count). The maximum absolute atomic E-state index is 10.7. The molecule has 0 spiro atoms. The Morgan fingerprint density at radius 1 is 1.67 bits per heavy atom. The molecular formula is C8H8N2O2. The third-order valence-corrected chi connectivity index (χ3v) is 1.74. The van der Waals surface area contributed by atoms with Gasteiger partial charge in [-0.1, -0.05) is 6.07 Å². The maximum Gasteiger partial charge on any atom is 0.407 e. The van der Waals surface area contributed by atoms with Crippen LogP contribution in [0.2, 0.25) is 0 Å². The first-order valence-corrected chi connectivity index (χ1v) is 3.70. The fourth-order valence-electron chi connectivity index (χ4n) is 1.14. The smallest absolute Gasteiger partial charge is 0.407 e. The van der Waals surface area contributed by atoms with E-state index in [1.165, 1.54) is 0 Å². The standard InChI is InChI=1S/C8H8N2O2/c11-8-10-5-7(12-8)6-2-1-3-9-4-6/h1-4,7H,5H2,(H,10,11). The molecule has 2 heterocycles. The van der Waals surface area contributed by atoms with Crippen molar-refractivity contribution in [2.45, 2.75) is 6.10 Å². The molecule has 1 saturated heterocycles. The van der Waals surface area contributed by atoms with E-state index >= 15 is 0 Å². The number of hydrogen-bond acceptors (Lipinski definition) is 3. The average molecular weight is 164 g/mol. The first-order chi connectivity index (χ1) is 5.86. The van der Waals surface area contributed by atoms with E-state index in [9.17, 15) is 4.79 Å². The monoisotopic (exact) mass is 164 g/mol. The first kappa shape index (κ1) is 7.09. The number of pyridine rings is 1. The minimum atomic E-state index is -0.358. The van der Waals surface area contributed by atoms with E-state index in [1.54, 1.807) is 12.4 Å². The summed E-state index contributed by atoms with van der Waals surface area (Å²) in [4.78, 5) is 14.6. The molecule has 1 unspecified atom stereocenters. The predicted molar refractivity (Wildman–Crippen MR) is 41.5 cm³/mol. The van der Waals surface area contributed by atoms with Crippen molar-refractivity contribution in [1.82, 2.24) is 10.3 Å². The van der Waals surface area contributed by atoms with E-state index in [0.29, 0.717) is 6.54 Å². The zero-order valence-corrected chi connectivity index (χ0v) is 6.36. The number of hydrogen-bond donors (Lipinski definition) is 1. The summed E-state index contributed by atoms with van der Waals surface area (Å²) in [5.41, 5.74) is 0.927. The Bertz CT molecular complexity index is 286. The third kappa shape index (κ3) is 1.23. The van der Waals surface area contributed by atoms with Crippen LogP contribution in [0, 0.1) is 0 Å². The largest absolute Gasteiger partial charge is 0.439 e. The molecule has 0 aromatic carbocycles. The van der Waals surface area contributed by atoms with Gasteiger partial charge in [0, 0.05) is 18.0 Å². The number of nitrogens with zero attached hydrogens (tertiary/aromatic N) is 1. The summed E-state index contributed by atoms with van der Waals surface area (Å²) in [6.45, 7) is 0.532. The average Bonchev–Trinajstić information content (AvgIpc) is 2.54. The molecule has 4 heteroatoms. The summed E-state index contributed by atoms with van der Waals surface area (Å²) < 4.78 is 4.96. The highest BCUT2D eigenvalue weighted by Gasteiger charge is 2.23. The van der Waals surface area contributed by atoms with Crippen LogP contribution in [0.4, 0.5) is 4.79 Å². The number of rotatable bonds is 1. The lowest BCUT2D eigenvalue weighted by Crippen LogP contribution is -2.12. The molecule has 1 aliphatic heterocycles. The molecule has 1 amide bonds. The number of alkyl carbamates (subject to hydrolysis) is 1. The van der Waals surface area contributed by atoms with Gasteiger partial charge in [-0.3, -0.25) is 4.98 Å². The maximum atomic E-state index is 10.7. The Hall–Kier alpha value is -1.58. The Balaban J connectivity index is 2.16. The molecule has 1 atom stereocenters. The van der Waals surface area contributed by atoms with Gasteiger partial charge in [0.05, 0.1) is 6.54 Å². The molecule has 0 radical (unpaired) electrons. The molecule has 62 valence electrons. The van der Waals surface area contributed by atoms with Crippen LogP contribution in [0.15, 0.2) is 24.5 Å². The zero-order valence-electron chi connectivity index (χ0n) is 6.36. The third-order valence-electron chi connectivity index (χ3n) is 1.74. The highest BCUT2D eigenvalue weighted by atomic mass is 16.6. The summed E-state index contributed by atoms with van der Waals surface area (Å²) in [5.74, 6) is 0. The second-order valence-corrected chi connectivity index (χ2v) is 2.56. The number of amides is 1. The van der Waals surface area contributed by atoms with Crippen LogP contribution >= 0.6 is 0 Å². The van der Waals surface area contributed by atoms with Gasteiger partial charge < -0.3 is 10.1 Å². The van der Waals surface area contributed by atoms with Gasteiger partial charge >= 0.3 is 6.09 Å². The molecule has 1 aliphatic rings. The van der Waals surface area contributed by atoms with Crippen LogP contribution in [-0.2, 0) is 4.74 Å². The molecule has 4 nitrogen and oxygen atoms in total. The van der Waals surface area contributed by atoms with Crippen LogP contribution < -0.4 is 5.32 Å². The van der Waals surface area contributed by atoms with Gasteiger partial charge in [0.2, 0.25) is 0 Å². The molecule has 0 bridgehead atoms. The summed E-state index contributed by atoms with van der Waals surface area (Å²) in [6.07, 6.45) is 2.86. The van der Waals surface area contributed by atoms with Gasteiger partial charge in [-0.15, -0.1) is 0 Å². The van der Waals surface area contributed by atoms with Crippen LogP contribution in [0.3, 0.4) is 0 Å². The van der Waals surface area contributed by atoms with E-state index in [2.05, 4.69) is 10.3 Å². The molecule has 0 aliphatic carbocycles. The fraction of sp³-hybridized carbons (Fsp3) is 0.250. The highest BCUT2D eigenvalue weighted by molar-refractivity contribution is 5.69. The number of nitrogens with one attached hydrogen (secondary N) is 1. The lowest BCUT2D eigenvalue weighted by atomic mass is 10.2. The molecule has 1 aromatic heterocycles. The Kier molecular flexibility index (Phi) is 1.66. The number of carbonyl (C=O) groups excluding carboxylic acids is 1. The second kappa shape index (κ2) is 2.81. The SMILES string of the molecule is O=C1NCC(c2cccnc2)O1. The molecule has 1 N–H and O–H groups in total. The highest BCUT2D eigenvalue weighted by Crippen LogP contribution is 2.18. The van der Waals surface area contributed by atoms with Gasteiger partial charge in [0.25, 0.3) is 0 Å². The Labute approximate surface area is 69.6 Å². The van der Waals surface area contributed by atoms with Gasteiger partial charge in [0.15, 0.2) is 0 Å². The minimum absolute atomic E-state index is 0.175. The van der Waals surface area contributed by atoms with Gasteiger partial charge in [0.1, 0.15) is 6.10 Å². The number of aromatic nitrogens is 1. The van der Waals surface area contributed by atoms with Crippen LogP contribution in [0.25, 0.3) is 0 Å². The quantitative estimate of drug-likeness (QED) is 0.669. The summed E-state index contributed by atoms with van der Waals surface area (Å²) >= 11 is 0. The van der Waals surface area contributed by atoms with Crippen molar-refractivity contribution in [3.8, 4) is 0 Å². The minimum Gasteiger partial charge on any atom is -0.439 e. The van der Waals surface area contributed by atoms with Gasteiger partial charge in [-0.25, -0.2) is 4.79 Å². The van der Waals surface area contributed by atoms with Crippen LogP contribution in [0.5, 0.6) is 0 Å². The van der Waals surface area contributed by atoms with E-state index in [0.717, 1.165) is 5.56 Å². The molecule has 12 heavy (non-hydrogen) atoms. The van der Waals surface area contributed by atoms with Crippen molar-refractivity contribution in [1.29, 1.82) is 0 Å². The van der Waals surface area contributed by atoms with Crippen molar-refractivity contribution in [3.63, 3.8) is 0 Å². The van der Waals surface area contributed by atoms with Crippen molar-refractivity contribution < 1.29 is 9.53 Å². The molecule has 1 aromatic rings.